The van der Waals surface area contributed by atoms with Crippen molar-refractivity contribution >= 4 is 15.7 Å². The molecule has 26 heavy (non-hydrogen) atoms. The van der Waals surface area contributed by atoms with Crippen LogP contribution >= 0.6 is 0 Å². The fraction of sp³-hybridized carbons (Fsp3) is 0.400. The maximum atomic E-state index is 13.5. The summed E-state index contributed by atoms with van der Waals surface area (Å²) in [6.07, 6.45) is 1.67. The quantitative estimate of drug-likeness (QED) is 0.867. The van der Waals surface area contributed by atoms with Gasteiger partial charge in [-0.05, 0) is 62.2 Å². The van der Waals surface area contributed by atoms with E-state index in [1.807, 2.05) is 26.0 Å². The van der Waals surface area contributed by atoms with Gasteiger partial charge in [-0.2, -0.15) is 0 Å². The number of benzene rings is 2. The van der Waals surface area contributed by atoms with Crippen LogP contribution in [0.15, 0.2) is 47.4 Å². The molecular formula is C20H24N2O3S. The van der Waals surface area contributed by atoms with Crippen molar-refractivity contribution in [1.82, 2.24) is 5.32 Å². The number of hydrogen-bond donors (Lipinski definition) is 2. The molecule has 0 radical (unpaired) electrons. The zero-order valence-corrected chi connectivity index (χ0v) is 15.8. The van der Waals surface area contributed by atoms with Crippen LogP contribution < -0.4 is 9.62 Å². The summed E-state index contributed by atoms with van der Waals surface area (Å²) in [5.41, 5.74) is 2.57. The van der Waals surface area contributed by atoms with Crippen LogP contribution in [0.1, 0.15) is 36.9 Å². The Labute approximate surface area is 154 Å². The van der Waals surface area contributed by atoms with Gasteiger partial charge in [0.2, 0.25) is 0 Å². The van der Waals surface area contributed by atoms with Crippen LogP contribution in [0, 0.1) is 12.8 Å². The molecule has 0 unspecified atom stereocenters. The molecule has 0 aromatic heterocycles. The largest absolute Gasteiger partial charge is 0.508 e. The van der Waals surface area contributed by atoms with Crippen LogP contribution in [0.4, 0.5) is 5.69 Å². The smallest absolute Gasteiger partial charge is 0.264 e. The van der Waals surface area contributed by atoms with Crippen molar-refractivity contribution in [3.05, 3.63) is 53.6 Å². The summed E-state index contributed by atoms with van der Waals surface area (Å²) >= 11 is 0. The number of fused-ring (bicyclic) bond motifs is 3. The van der Waals surface area contributed by atoms with Gasteiger partial charge in [0.05, 0.1) is 10.6 Å². The monoisotopic (exact) mass is 372 g/mol. The standard InChI is InChI=1S/C20H24N2O3S/c1-3-18-16-10-11-21-20(16)17-12-14(23)6-9-19(17)22(18)26(24,25)15-7-4-13(2)5-8-15/h4-9,12,16,18,20-21,23H,3,10-11H2,1-2H3/t16-,18-,20-/m1/s1. The number of nitrogens with one attached hydrogen (secondary N) is 1. The van der Waals surface area contributed by atoms with Crippen molar-refractivity contribution in [3.8, 4) is 5.75 Å². The molecule has 2 N–H and O–H groups in total. The summed E-state index contributed by atoms with van der Waals surface area (Å²) in [4.78, 5) is 0.310. The van der Waals surface area contributed by atoms with E-state index < -0.39 is 10.0 Å². The minimum Gasteiger partial charge on any atom is -0.508 e. The van der Waals surface area contributed by atoms with E-state index in [1.165, 1.54) is 0 Å². The topological polar surface area (TPSA) is 69.6 Å². The highest BCUT2D eigenvalue weighted by Gasteiger charge is 2.47. The molecule has 2 aliphatic rings. The molecule has 3 atom stereocenters. The van der Waals surface area contributed by atoms with E-state index in [0.29, 0.717) is 10.6 Å². The van der Waals surface area contributed by atoms with Crippen molar-refractivity contribution in [3.63, 3.8) is 0 Å². The molecule has 2 aromatic rings. The van der Waals surface area contributed by atoms with Gasteiger partial charge in [0.15, 0.2) is 0 Å². The van der Waals surface area contributed by atoms with Crippen molar-refractivity contribution in [2.75, 3.05) is 10.8 Å². The van der Waals surface area contributed by atoms with Gasteiger partial charge in [-0.25, -0.2) is 8.42 Å². The molecule has 4 rings (SSSR count). The lowest BCUT2D eigenvalue weighted by atomic mass is 9.82. The molecule has 0 saturated carbocycles. The van der Waals surface area contributed by atoms with Crippen LogP contribution in [-0.2, 0) is 10.0 Å². The molecule has 1 saturated heterocycles. The highest BCUT2D eigenvalue weighted by atomic mass is 32.2. The van der Waals surface area contributed by atoms with Gasteiger partial charge in [0, 0.05) is 18.0 Å². The molecule has 5 nitrogen and oxygen atoms in total. The first-order chi connectivity index (χ1) is 12.4. The van der Waals surface area contributed by atoms with Crippen LogP contribution in [0.5, 0.6) is 5.75 Å². The Balaban J connectivity index is 1.91. The molecule has 0 bridgehead atoms. The second kappa shape index (κ2) is 6.28. The summed E-state index contributed by atoms with van der Waals surface area (Å²) < 4.78 is 28.7. The van der Waals surface area contributed by atoms with Gasteiger partial charge < -0.3 is 10.4 Å². The maximum Gasteiger partial charge on any atom is 0.264 e. The minimum atomic E-state index is -3.68. The number of aryl methyl sites for hydroxylation is 1. The summed E-state index contributed by atoms with van der Waals surface area (Å²) in [6, 6.07) is 12.0. The van der Waals surface area contributed by atoms with Crippen LogP contribution in [0.3, 0.4) is 0 Å². The number of sulfonamides is 1. The van der Waals surface area contributed by atoms with E-state index >= 15 is 0 Å². The normalized spacial score (nSPS) is 25.0. The van der Waals surface area contributed by atoms with E-state index in [4.69, 9.17) is 0 Å². The predicted molar refractivity (Wildman–Crippen MR) is 102 cm³/mol. The fourth-order valence-electron chi connectivity index (χ4n) is 4.42. The summed E-state index contributed by atoms with van der Waals surface area (Å²) in [6.45, 7) is 4.85. The number of hydrogen-bond acceptors (Lipinski definition) is 4. The number of anilines is 1. The zero-order chi connectivity index (χ0) is 18.5. The van der Waals surface area contributed by atoms with Crippen molar-refractivity contribution < 1.29 is 13.5 Å². The SMILES string of the molecule is CC[C@@H]1[C@H]2CCN[C@H]2c2cc(O)ccc2N1S(=O)(=O)c1ccc(C)cc1. The van der Waals surface area contributed by atoms with Crippen molar-refractivity contribution in [2.45, 2.75) is 43.7 Å². The first-order valence-corrected chi connectivity index (χ1v) is 10.5. The minimum absolute atomic E-state index is 0.0894. The van der Waals surface area contributed by atoms with Gasteiger partial charge in [-0.15, -0.1) is 0 Å². The van der Waals surface area contributed by atoms with E-state index in [0.717, 1.165) is 30.5 Å². The number of phenols is 1. The van der Waals surface area contributed by atoms with E-state index in [2.05, 4.69) is 5.32 Å². The summed E-state index contributed by atoms with van der Waals surface area (Å²) in [7, 11) is -3.68. The Kier molecular flexibility index (Phi) is 4.20. The predicted octanol–water partition coefficient (Wildman–Crippen LogP) is 3.34. The van der Waals surface area contributed by atoms with Gasteiger partial charge in [-0.3, -0.25) is 4.31 Å². The van der Waals surface area contributed by atoms with Crippen LogP contribution in [0.25, 0.3) is 0 Å². The third-order valence-corrected chi connectivity index (χ3v) is 7.50. The van der Waals surface area contributed by atoms with E-state index in [-0.39, 0.29) is 23.8 Å². The second-order valence-electron chi connectivity index (χ2n) is 7.22. The fourth-order valence-corrected chi connectivity index (χ4v) is 6.22. The first-order valence-electron chi connectivity index (χ1n) is 9.11. The molecule has 138 valence electrons. The second-order valence-corrected chi connectivity index (χ2v) is 9.03. The Bertz CT molecular complexity index is 925. The third kappa shape index (κ3) is 2.59. The maximum absolute atomic E-state index is 13.5. The Morgan fingerprint density at radius 3 is 2.62 bits per heavy atom. The highest BCUT2D eigenvalue weighted by molar-refractivity contribution is 7.92. The van der Waals surface area contributed by atoms with E-state index in [9.17, 15) is 13.5 Å². The zero-order valence-electron chi connectivity index (χ0n) is 15.0. The molecule has 2 aromatic carbocycles. The van der Waals surface area contributed by atoms with Gasteiger partial charge >= 0.3 is 0 Å². The lowest BCUT2D eigenvalue weighted by molar-refractivity contribution is 0.353. The molecule has 6 heteroatoms. The Morgan fingerprint density at radius 2 is 1.92 bits per heavy atom. The number of aromatic hydroxyl groups is 1. The van der Waals surface area contributed by atoms with Gasteiger partial charge in [-0.1, -0.05) is 24.6 Å². The molecule has 1 fully saturated rings. The summed E-state index contributed by atoms with van der Waals surface area (Å²) in [5.74, 6) is 0.369. The molecule has 2 heterocycles. The molecule has 0 amide bonds. The summed E-state index contributed by atoms with van der Waals surface area (Å²) in [5, 5.41) is 13.5. The van der Waals surface area contributed by atoms with Crippen LogP contribution in [0.2, 0.25) is 0 Å². The van der Waals surface area contributed by atoms with Crippen molar-refractivity contribution in [1.29, 1.82) is 0 Å². The number of nitrogens with zero attached hydrogens (tertiary/aromatic N) is 1. The average Bonchev–Trinajstić information content (AvgIpc) is 3.10. The Hall–Kier alpha value is -2.05. The molecule has 0 spiro atoms. The first kappa shape index (κ1) is 17.4. The Morgan fingerprint density at radius 1 is 1.19 bits per heavy atom. The van der Waals surface area contributed by atoms with Crippen molar-refractivity contribution in [2.24, 2.45) is 5.92 Å². The number of rotatable bonds is 3. The molecular weight excluding hydrogens is 348 g/mol. The van der Waals surface area contributed by atoms with Crippen LogP contribution in [-0.4, -0.2) is 26.1 Å². The molecule has 0 aliphatic carbocycles. The third-order valence-electron chi connectivity index (χ3n) is 5.65. The number of phenolic OH excluding ortho intramolecular Hbond substituents is 1. The highest BCUT2D eigenvalue weighted by Crippen LogP contribution is 2.48. The van der Waals surface area contributed by atoms with E-state index in [1.54, 1.807) is 34.6 Å². The molecule has 2 aliphatic heterocycles. The lowest BCUT2D eigenvalue weighted by Gasteiger charge is -2.44. The van der Waals surface area contributed by atoms with Gasteiger partial charge in [0.25, 0.3) is 10.0 Å². The lowest BCUT2D eigenvalue weighted by Crippen LogP contribution is -2.49. The van der Waals surface area contributed by atoms with Gasteiger partial charge in [0.1, 0.15) is 5.75 Å². The average molecular weight is 372 g/mol.